The Morgan fingerprint density at radius 2 is 2.25 bits per heavy atom. The molecule has 0 spiro atoms. The number of aryl methyl sites for hydroxylation is 2. The predicted octanol–water partition coefficient (Wildman–Crippen LogP) is 3.52. The lowest BCUT2D eigenvalue weighted by molar-refractivity contribution is -0.129. The lowest BCUT2D eigenvalue weighted by atomic mass is 9.99. The van der Waals surface area contributed by atoms with Crippen LogP contribution in [0, 0.1) is 19.8 Å². The van der Waals surface area contributed by atoms with Gasteiger partial charge >= 0.3 is 0 Å². The summed E-state index contributed by atoms with van der Waals surface area (Å²) in [6.45, 7) is 7.28. The maximum absolute atomic E-state index is 12.1. The molecular weight excluding hydrogens is 252 g/mol. The van der Waals surface area contributed by atoms with Gasteiger partial charge in [-0.3, -0.25) is 4.79 Å². The first-order chi connectivity index (χ1) is 9.52. The highest BCUT2D eigenvalue weighted by molar-refractivity contribution is 5.79. The van der Waals surface area contributed by atoms with E-state index in [4.69, 9.17) is 5.53 Å². The molecule has 5 nitrogen and oxygen atoms in total. The standard InChI is InChI=1S/C15H20N4O/c1-10-4-5-14(11(2)6-10)12(3)19-9-13(7-15(19)20)8-17-18-16/h4-6,12-13H,7-9H2,1-3H3. The molecule has 1 aromatic rings. The fourth-order valence-corrected chi connectivity index (χ4v) is 2.92. The van der Waals surface area contributed by atoms with Crippen LogP contribution in [0.2, 0.25) is 0 Å². The third-order valence-electron chi connectivity index (χ3n) is 3.98. The number of rotatable bonds is 4. The molecule has 0 aromatic heterocycles. The van der Waals surface area contributed by atoms with Gasteiger partial charge < -0.3 is 4.90 Å². The zero-order valence-electron chi connectivity index (χ0n) is 12.2. The van der Waals surface area contributed by atoms with Crippen molar-refractivity contribution in [2.75, 3.05) is 13.1 Å². The monoisotopic (exact) mass is 272 g/mol. The van der Waals surface area contributed by atoms with Gasteiger partial charge in [0.05, 0.1) is 6.04 Å². The molecule has 1 saturated heterocycles. The van der Waals surface area contributed by atoms with Gasteiger partial charge in [-0.15, -0.1) is 0 Å². The molecule has 1 aliphatic heterocycles. The van der Waals surface area contributed by atoms with E-state index in [2.05, 4.69) is 49.0 Å². The molecule has 0 bridgehead atoms. The average molecular weight is 272 g/mol. The van der Waals surface area contributed by atoms with Crippen molar-refractivity contribution in [1.82, 2.24) is 4.90 Å². The van der Waals surface area contributed by atoms with Gasteiger partial charge in [-0.05, 0) is 43.3 Å². The predicted molar refractivity (Wildman–Crippen MR) is 78.2 cm³/mol. The topological polar surface area (TPSA) is 69.1 Å². The Kier molecular flexibility index (Phi) is 4.30. The van der Waals surface area contributed by atoms with E-state index in [0.29, 0.717) is 19.5 Å². The lowest BCUT2D eigenvalue weighted by Gasteiger charge is -2.26. The number of hydrogen-bond acceptors (Lipinski definition) is 2. The van der Waals surface area contributed by atoms with Gasteiger partial charge in [-0.1, -0.05) is 28.9 Å². The van der Waals surface area contributed by atoms with Crippen molar-refractivity contribution >= 4 is 5.91 Å². The molecule has 1 aromatic carbocycles. The fourth-order valence-electron chi connectivity index (χ4n) is 2.92. The molecule has 0 radical (unpaired) electrons. The summed E-state index contributed by atoms with van der Waals surface area (Å²) in [5, 5.41) is 3.59. The van der Waals surface area contributed by atoms with Crippen LogP contribution >= 0.6 is 0 Å². The van der Waals surface area contributed by atoms with E-state index in [0.717, 1.165) is 0 Å². The van der Waals surface area contributed by atoms with Gasteiger partial charge in [-0.25, -0.2) is 0 Å². The summed E-state index contributed by atoms with van der Waals surface area (Å²) >= 11 is 0. The van der Waals surface area contributed by atoms with E-state index in [9.17, 15) is 4.79 Å². The second-order valence-electron chi connectivity index (χ2n) is 5.57. The molecule has 1 amide bonds. The second kappa shape index (κ2) is 5.97. The number of carbonyl (C=O) groups excluding carboxylic acids is 1. The molecule has 1 aliphatic rings. The van der Waals surface area contributed by atoms with Gasteiger partial charge in [0.25, 0.3) is 0 Å². The van der Waals surface area contributed by atoms with Crippen LogP contribution in [0.3, 0.4) is 0 Å². The molecule has 2 atom stereocenters. The second-order valence-corrected chi connectivity index (χ2v) is 5.57. The summed E-state index contributed by atoms with van der Waals surface area (Å²) in [6.07, 6.45) is 0.480. The summed E-state index contributed by atoms with van der Waals surface area (Å²) in [5.74, 6) is 0.294. The Morgan fingerprint density at radius 3 is 2.90 bits per heavy atom. The van der Waals surface area contributed by atoms with E-state index < -0.39 is 0 Å². The fraction of sp³-hybridized carbons (Fsp3) is 0.533. The normalized spacial score (nSPS) is 19.9. The third kappa shape index (κ3) is 2.94. The summed E-state index contributed by atoms with van der Waals surface area (Å²) < 4.78 is 0. The van der Waals surface area contributed by atoms with E-state index in [-0.39, 0.29) is 17.9 Å². The van der Waals surface area contributed by atoms with Crippen molar-refractivity contribution in [3.05, 3.63) is 45.3 Å². The zero-order chi connectivity index (χ0) is 14.7. The van der Waals surface area contributed by atoms with Crippen molar-refractivity contribution in [3.8, 4) is 0 Å². The molecule has 0 N–H and O–H groups in total. The Bertz CT molecular complexity index is 563. The van der Waals surface area contributed by atoms with Crippen molar-refractivity contribution in [2.45, 2.75) is 33.2 Å². The summed E-state index contributed by atoms with van der Waals surface area (Å²) in [5.41, 5.74) is 12.0. The molecular formula is C15H20N4O. The van der Waals surface area contributed by atoms with Crippen molar-refractivity contribution < 1.29 is 4.79 Å². The third-order valence-corrected chi connectivity index (χ3v) is 3.98. The van der Waals surface area contributed by atoms with Crippen LogP contribution in [0.1, 0.15) is 36.1 Å². The van der Waals surface area contributed by atoms with Crippen LogP contribution in [0.25, 0.3) is 10.4 Å². The molecule has 20 heavy (non-hydrogen) atoms. The minimum absolute atomic E-state index is 0.0687. The van der Waals surface area contributed by atoms with Gasteiger partial charge in [0.2, 0.25) is 5.91 Å². The van der Waals surface area contributed by atoms with Gasteiger partial charge in [0.15, 0.2) is 0 Å². The highest BCUT2D eigenvalue weighted by Crippen LogP contribution is 2.30. The molecule has 5 heteroatoms. The molecule has 2 unspecified atom stereocenters. The molecule has 0 saturated carbocycles. The maximum atomic E-state index is 12.1. The van der Waals surface area contributed by atoms with E-state index in [1.54, 1.807) is 0 Å². The Hall–Kier alpha value is -2.00. The Balaban J connectivity index is 2.14. The number of carbonyl (C=O) groups is 1. The van der Waals surface area contributed by atoms with Crippen LogP contribution in [0.5, 0.6) is 0 Å². The summed E-state index contributed by atoms with van der Waals surface area (Å²) in [6, 6.07) is 6.39. The minimum Gasteiger partial charge on any atom is -0.336 e. The van der Waals surface area contributed by atoms with Gasteiger partial charge in [-0.2, -0.15) is 0 Å². The van der Waals surface area contributed by atoms with Crippen LogP contribution in [0.15, 0.2) is 23.3 Å². The zero-order valence-corrected chi connectivity index (χ0v) is 12.2. The molecule has 106 valence electrons. The maximum Gasteiger partial charge on any atom is 0.223 e. The van der Waals surface area contributed by atoms with Crippen LogP contribution in [0.4, 0.5) is 0 Å². The van der Waals surface area contributed by atoms with Gasteiger partial charge in [0.1, 0.15) is 0 Å². The molecule has 1 heterocycles. The smallest absolute Gasteiger partial charge is 0.223 e. The first-order valence-corrected chi connectivity index (χ1v) is 6.90. The van der Waals surface area contributed by atoms with E-state index in [1.165, 1.54) is 16.7 Å². The van der Waals surface area contributed by atoms with Crippen LogP contribution < -0.4 is 0 Å². The number of likely N-dealkylation sites (tertiary alicyclic amines) is 1. The average Bonchev–Trinajstić information content (AvgIpc) is 2.77. The first-order valence-electron chi connectivity index (χ1n) is 6.90. The minimum atomic E-state index is 0.0687. The summed E-state index contributed by atoms with van der Waals surface area (Å²) in [4.78, 5) is 16.8. The van der Waals surface area contributed by atoms with Crippen molar-refractivity contribution in [3.63, 3.8) is 0 Å². The largest absolute Gasteiger partial charge is 0.336 e. The highest BCUT2D eigenvalue weighted by atomic mass is 16.2. The van der Waals surface area contributed by atoms with Crippen molar-refractivity contribution in [2.24, 2.45) is 11.0 Å². The molecule has 0 aliphatic carbocycles. The highest BCUT2D eigenvalue weighted by Gasteiger charge is 2.33. The number of benzene rings is 1. The summed E-state index contributed by atoms with van der Waals surface area (Å²) in [7, 11) is 0. The van der Waals surface area contributed by atoms with E-state index in [1.807, 2.05) is 4.90 Å². The number of azide groups is 1. The first kappa shape index (κ1) is 14.4. The molecule has 2 rings (SSSR count). The molecule has 1 fully saturated rings. The van der Waals surface area contributed by atoms with Crippen molar-refractivity contribution in [1.29, 1.82) is 0 Å². The lowest BCUT2D eigenvalue weighted by Crippen LogP contribution is -2.29. The van der Waals surface area contributed by atoms with E-state index >= 15 is 0 Å². The number of nitrogens with zero attached hydrogens (tertiary/aromatic N) is 4. The van der Waals surface area contributed by atoms with Crippen LogP contribution in [-0.2, 0) is 4.79 Å². The quantitative estimate of drug-likeness (QED) is 0.469. The number of hydrogen-bond donors (Lipinski definition) is 0. The number of amides is 1. The Morgan fingerprint density at radius 1 is 1.50 bits per heavy atom. The Labute approximate surface area is 119 Å². The van der Waals surface area contributed by atoms with Gasteiger partial charge in [0, 0.05) is 24.4 Å². The SMILES string of the molecule is Cc1ccc(C(C)N2CC(CN=[N+]=[N-])CC2=O)c(C)c1. The van der Waals surface area contributed by atoms with Crippen LogP contribution in [-0.4, -0.2) is 23.9 Å².